The Morgan fingerprint density at radius 2 is 1.77 bits per heavy atom. The van der Waals surface area contributed by atoms with Crippen molar-refractivity contribution in [1.82, 2.24) is 15.0 Å². The number of halogens is 2. The monoisotopic (exact) mass is 518 g/mol. The second kappa shape index (κ2) is 11.7. The maximum atomic E-state index is 12.5. The molecule has 1 aliphatic heterocycles. The van der Waals surface area contributed by atoms with Crippen LogP contribution in [0.4, 0.5) is 5.69 Å². The maximum absolute atomic E-state index is 12.5. The van der Waals surface area contributed by atoms with E-state index in [1.807, 2.05) is 36.4 Å². The highest BCUT2D eigenvalue weighted by atomic mass is 35.5. The van der Waals surface area contributed by atoms with Crippen LogP contribution in [0.15, 0.2) is 42.5 Å². The number of anilines is 1. The van der Waals surface area contributed by atoms with E-state index in [1.54, 1.807) is 24.8 Å². The average Bonchev–Trinajstić information content (AvgIpc) is 3.25. The van der Waals surface area contributed by atoms with E-state index in [2.05, 4.69) is 15.2 Å². The molecule has 4 rings (SSSR count). The van der Waals surface area contributed by atoms with Crippen LogP contribution in [0.1, 0.15) is 41.5 Å². The summed E-state index contributed by atoms with van der Waals surface area (Å²) in [6, 6.07) is 13.2. The third kappa shape index (κ3) is 6.45. The van der Waals surface area contributed by atoms with Crippen molar-refractivity contribution < 1.29 is 19.0 Å². The highest BCUT2D eigenvalue weighted by Gasteiger charge is 2.25. The summed E-state index contributed by atoms with van der Waals surface area (Å²) in [5.41, 5.74) is 2.79. The summed E-state index contributed by atoms with van der Waals surface area (Å²) in [4.78, 5) is 14.7. The molecule has 0 N–H and O–H groups in total. The number of esters is 1. The van der Waals surface area contributed by atoms with Gasteiger partial charge < -0.3 is 19.1 Å². The summed E-state index contributed by atoms with van der Waals surface area (Å²) in [7, 11) is 1.63. The van der Waals surface area contributed by atoms with Gasteiger partial charge in [-0.05, 0) is 55.7 Å². The minimum atomic E-state index is -0.500. The number of nitrogens with zero attached hydrogens (tertiary/aromatic N) is 4. The predicted molar refractivity (Wildman–Crippen MR) is 135 cm³/mol. The van der Waals surface area contributed by atoms with Gasteiger partial charge >= 0.3 is 5.97 Å². The molecular weight excluding hydrogens is 491 g/mol. The van der Waals surface area contributed by atoms with Gasteiger partial charge in [0.25, 0.3) is 0 Å². The molecule has 2 heterocycles. The first-order valence-electron chi connectivity index (χ1n) is 11.5. The number of aromatic nitrogens is 3. The van der Waals surface area contributed by atoms with Crippen LogP contribution in [-0.2, 0) is 22.6 Å². The van der Waals surface area contributed by atoms with Gasteiger partial charge in [-0.2, -0.15) is 0 Å². The summed E-state index contributed by atoms with van der Waals surface area (Å²) < 4.78 is 18.3. The lowest BCUT2D eigenvalue weighted by Gasteiger charge is -2.33. The molecule has 0 amide bonds. The summed E-state index contributed by atoms with van der Waals surface area (Å²) >= 11 is 12.3. The Labute approximate surface area is 214 Å². The van der Waals surface area contributed by atoms with Crippen LogP contribution in [0.2, 0.25) is 10.0 Å². The molecule has 35 heavy (non-hydrogen) atoms. The van der Waals surface area contributed by atoms with E-state index in [-0.39, 0.29) is 25.0 Å². The summed E-state index contributed by atoms with van der Waals surface area (Å²) in [6.07, 6.45) is 1.71. The molecule has 0 bridgehead atoms. The Hall–Kier alpha value is -2.81. The van der Waals surface area contributed by atoms with E-state index < -0.39 is 5.97 Å². The van der Waals surface area contributed by atoms with Gasteiger partial charge in [-0.15, -0.1) is 5.10 Å². The van der Waals surface area contributed by atoms with Gasteiger partial charge in [-0.3, -0.25) is 0 Å². The van der Waals surface area contributed by atoms with E-state index in [0.29, 0.717) is 22.3 Å². The van der Waals surface area contributed by atoms with Crippen LogP contribution in [0.25, 0.3) is 0 Å². The Balaban J connectivity index is 1.42. The lowest BCUT2D eigenvalue weighted by atomic mass is 10.1. The first-order valence-corrected chi connectivity index (χ1v) is 12.3. The normalized spacial score (nSPS) is 14.2. The van der Waals surface area contributed by atoms with Crippen LogP contribution < -0.4 is 9.64 Å². The van der Waals surface area contributed by atoms with Crippen LogP contribution in [0, 0.1) is 0 Å². The largest absolute Gasteiger partial charge is 0.497 e. The van der Waals surface area contributed by atoms with Crippen LogP contribution in [0.3, 0.4) is 0 Å². The SMILES string of the molecule is CCOC(=O)c1nnn(Cc2ccc(OC)cc2)c1COC1CCN(c2cc(Cl)cc(Cl)c2)CC1. The van der Waals surface area contributed by atoms with E-state index in [1.165, 1.54) is 0 Å². The molecule has 0 saturated carbocycles. The number of methoxy groups -OCH3 is 1. The van der Waals surface area contributed by atoms with E-state index in [0.717, 1.165) is 42.9 Å². The maximum Gasteiger partial charge on any atom is 0.360 e. The Morgan fingerprint density at radius 1 is 1.09 bits per heavy atom. The van der Waals surface area contributed by atoms with Crippen molar-refractivity contribution in [2.45, 2.75) is 39.0 Å². The van der Waals surface area contributed by atoms with Crippen molar-refractivity contribution in [1.29, 1.82) is 0 Å². The molecule has 2 aromatic carbocycles. The number of piperidine rings is 1. The fourth-order valence-electron chi connectivity index (χ4n) is 4.06. The zero-order valence-corrected chi connectivity index (χ0v) is 21.3. The van der Waals surface area contributed by atoms with Crippen molar-refractivity contribution in [3.63, 3.8) is 0 Å². The number of hydrogen-bond donors (Lipinski definition) is 0. The van der Waals surface area contributed by atoms with Crippen LogP contribution in [0.5, 0.6) is 5.75 Å². The van der Waals surface area contributed by atoms with Gasteiger partial charge in [0, 0.05) is 28.8 Å². The molecule has 0 aliphatic carbocycles. The van der Waals surface area contributed by atoms with E-state index in [9.17, 15) is 4.79 Å². The summed E-state index contributed by atoms with van der Waals surface area (Å²) in [5.74, 6) is 0.272. The first kappa shape index (κ1) is 25.3. The van der Waals surface area contributed by atoms with E-state index in [4.69, 9.17) is 37.4 Å². The Morgan fingerprint density at radius 3 is 2.40 bits per heavy atom. The first-order chi connectivity index (χ1) is 17.0. The van der Waals surface area contributed by atoms with Crippen molar-refractivity contribution in [3.8, 4) is 5.75 Å². The van der Waals surface area contributed by atoms with Gasteiger partial charge in [0.05, 0.1) is 38.7 Å². The third-order valence-corrected chi connectivity index (χ3v) is 6.34. The molecule has 1 aromatic heterocycles. The highest BCUT2D eigenvalue weighted by Crippen LogP contribution is 2.28. The Kier molecular flexibility index (Phi) is 8.49. The van der Waals surface area contributed by atoms with Gasteiger partial charge in [0.15, 0.2) is 5.69 Å². The Bertz CT molecular complexity index is 1120. The molecule has 0 atom stereocenters. The van der Waals surface area contributed by atoms with Crippen molar-refractivity contribution in [3.05, 3.63) is 69.5 Å². The molecule has 3 aromatic rings. The standard InChI is InChI=1S/C25H28Cl2N4O4/c1-3-34-25(32)24-23(31(29-28-24)15-17-4-6-21(33-2)7-5-17)16-35-22-8-10-30(11-9-22)20-13-18(26)12-19(27)14-20/h4-7,12-14,22H,3,8-11,15-16H2,1-2H3. The zero-order chi connectivity index (χ0) is 24.8. The van der Waals surface area contributed by atoms with Crippen molar-refractivity contribution >= 4 is 34.9 Å². The fraction of sp³-hybridized carbons (Fsp3) is 0.400. The minimum absolute atomic E-state index is 0.0419. The molecule has 1 fully saturated rings. The third-order valence-electron chi connectivity index (χ3n) is 5.91. The quantitative estimate of drug-likeness (QED) is 0.368. The second-order valence-electron chi connectivity index (χ2n) is 8.24. The number of carbonyl (C=O) groups is 1. The second-order valence-corrected chi connectivity index (χ2v) is 9.11. The molecule has 0 unspecified atom stereocenters. The minimum Gasteiger partial charge on any atom is -0.497 e. The molecule has 1 aliphatic rings. The molecular formula is C25H28Cl2N4O4. The van der Waals surface area contributed by atoms with Crippen LogP contribution >= 0.6 is 23.2 Å². The number of benzene rings is 2. The number of carbonyl (C=O) groups excluding carboxylic acids is 1. The number of ether oxygens (including phenoxy) is 3. The fourth-order valence-corrected chi connectivity index (χ4v) is 4.58. The van der Waals surface area contributed by atoms with Crippen LogP contribution in [-0.4, -0.2) is 53.9 Å². The van der Waals surface area contributed by atoms with Crippen molar-refractivity contribution in [2.24, 2.45) is 0 Å². The summed E-state index contributed by atoms with van der Waals surface area (Å²) in [6.45, 7) is 4.31. The smallest absolute Gasteiger partial charge is 0.360 e. The predicted octanol–water partition coefficient (Wildman–Crippen LogP) is 5.00. The average molecular weight is 519 g/mol. The van der Waals surface area contributed by atoms with Gasteiger partial charge in [0.2, 0.25) is 0 Å². The van der Waals surface area contributed by atoms with E-state index >= 15 is 0 Å². The van der Waals surface area contributed by atoms with Gasteiger partial charge in [0.1, 0.15) is 5.75 Å². The number of rotatable bonds is 9. The lowest BCUT2D eigenvalue weighted by molar-refractivity contribution is 0.0203. The molecule has 186 valence electrons. The molecule has 1 saturated heterocycles. The molecule has 8 nitrogen and oxygen atoms in total. The van der Waals surface area contributed by atoms with Crippen molar-refractivity contribution in [2.75, 3.05) is 31.7 Å². The van der Waals surface area contributed by atoms with Gasteiger partial charge in [-0.1, -0.05) is 40.5 Å². The van der Waals surface area contributed by atoms with Gasteiger partial charge in [-0.25, -0.2) is 9.48 Å². The number of hydrogen-bond acceptors (Lipinski definition) is 7. The highest BCUT2D eigenvalue weighted by molar-refractivity contribution is 6.35. The zero-order valence-electron chi connectivity index (χ0n) is 19.7. The lowest BCUT2D eigenvalue weighted by Crippen LogP contribution is -2.37. The molecule has 10 heteroatoms. The topological polar surface area (TPSA) is 78.7 Å². The summed E-state index contributed by atoms with van der Waals surface area (Å²) in [5, 5.41) is 9.55. The molecule has 0 spiro atoms. The molecule has 0 radical (unpaired) electrons.